The zero-order chi connectivity index (χ0) is 15.0. The van der Waals surface area contributed by atoms with Gasteiger partial charge in [-0.05, 0) is 53.5 Å². The largest absolute Gasteiger partial charge is 0.503 e. The van der Waals surface area contributed by atoms with Gasteiger partial charge in [-0.3, -0.25) is 4.79 Å². The van der Waals surface area contributed by atoms with Gasteiger partial charge < -0.3 is 19.9 Å². The van der Waals surface area contributed by atoms with E-state index >= 15 is 0 Å². The number of carbonyl (C=O) groups is 1. The molecule has 0 fully saturated rings. The second kappa shape index (κ2) is 8.81. The Morgan fingerprint density at radius 3 is 2.85 bits per heavy atom. The number of phenolic OH excluding ortho intramolecular Hbond substituents is 1. The number of aromatic hydroxyl groups is 1. The highest BCUT2D eigenvalue weighted by Gasteiger charge is 2.08. The molecule has 0 saturated heterocycles. The lowest BCUT2D eigenvalue weighted by Crippen LogP contribution is -2.16. The van der Waals surface area contributed by atoms with Crippen LogP contribution in [0.2, 0.25) is 0 Å². The molecule has 0 heterocycles. The van der Waals surface area contributed by atoms with E-state index in [4.69, 9.17) is 9.47 Å². The number of phenols is 1. The van der Waals surface area contributed by atoms with Crippen LogP contribution >= 0.6 is 15.9 Å². The Hall–Kier alpha value is -1.27. The molecule has 0 aliphatic heterocycles. The van der Waals surface area contributed by atoms with Gasteiger partial charge in [0.25, 0.3) is 0 Å². The Labute approximate surface area is 127 Å². The van der Waals surface area contributed by atoms with Crippen LogP contribution in [-0.2, 0) is 16.1 Å². The third kappa shape index (κ3) is 5.38. The van der Waals surface area contributed by atoms with Crippen molar-refractivity contribution in [1.82, 2.24) is 5.32 Å². The number of nitrogens with one attached hydrogen (secondary N) is 1. The maximum absolute atomic E-state index is 11.1. The predicted molar refractivity (Wildman–Crippen MR) is 79.9 cm³/mol. The molecule has 2 N–H and O–H groups in total. The van der Waals surface area contributed by atoms with Gasteiger partial charge in [-0.2, -0.15) is 0 Å². The quantitative estimate of drug-likeness (QED) is 0.559. The fourth-order valence-electron chi connectivity index (χ4n) is 1.71. The molecule has 0 atom stereocenters. The van der Waals surface area contributed by atoms with Crippen molar-refractivity contribution in [3.8, 4) is 11.5 Å². The smallest absolute Gasteiger partial charge is 0.305 e. The topological polar surface area (TPSA) is 67.8 Å². The van der Waals surface area contributed by atoms with Crippen LogP contribution in [0.3, 0.4) is 0 Å². The highest BCUT2D eigenvalue weighted by Crippen LogP contribution is 2.35. The summed E-state index contributed by atoms with van der Waals surface area (Å²) in [5, 5.41) is 12.9. The zero-order valence-corrected chi connectivity index (χ0v) is 13.3. The van der Waals surface area contributed by atoms with Crippen molar-refractivity contribution in [3.05, 3.63) is 22.2 Å². The van der Waals surface area contributed by atoms with Gasteiger partial charge in [0.15, 0.2) is 11.5 Å². The molecular weight excluding hydrogens is 326 g/mol. The van der Waals surface area contributed by atoms with E-state index in [9.17, 15) is 9.90 Å². The van der Waals surface area contributed by atoms with E-state index in [1.165, 1.54) is 7.11 Å². The second-order valence-electron chi connectivity index (χ2n) is 4.21. The predicted octanol–water partition coefficient (Wildman–Crippen LogP) is 2.60. The number of methoxy groups -OCH3 is 1. The van der Waals surface area contributed by atoms with Crippen molar-refractivity contribution in [2.45, 2.75) is 26.3 Å². The summed E-state index contributed by atoms with van der Waals surface area (Å²) in [6, 6.07) is 3.61. The van der Waals surface area contributed by atoms with Crippen molar-refractivity contribution in [1.29, 1.82) is 0 Å². The molecule has 1 rings (SSSR count). The summed E-state index contributed by atoms with van der Waals surface area (Å²) >= 11 is 3.28. The highest BCUT2D eigenvalue weighted by atomic mass is 79.9. The molecular formula is C14H20BrNO4. The van der Waals surface area contributed by atoms with Crippen LogP contribution in [0, 0.1) is 0 Å². The Bertz CT molecular complexity index is 451. The number of rotatable bonds is 8. The van der Waals surface area contributed by atoms with Crippen LogP contribution in [0.15, 0.2) is 16.6 Å². The van der Waals surface area contributed by atoms with E-state index < -0.39 is 0 Å². The molecule has 0 aromatic heterocycles. The Kier molecular flexibility index (Phi) is 7.40. The Morgan fingerprint density at radius 1 is 1.45 bits per heavy atom. The molecule has 0 saturated carbocycles. The summed E-state index contributed by atoms with van der Waals surface area (Å²) in [6.07, 6.45) is 1.15. The number of carbonyl (C=O) groups excluding carboxylic acids is 1. The van der Waals surface area contributed by atoms with Gasteiger partial charge in [-0.25, -0.2) is 0 Å². The van der Waals surface area contributed by atoms with Crippen molar-refractivity contribution in [2.24, 2.45) is 0 Å². The van der Waals surface area contributed by atoms with Gasteiger partial charge in [0, 0.05) is 13.0 Å². The summed E-state index contributed by atoms with van der Waals surface area (Å²) in [5.41, 5.74) is 0.989. The normalized spacial score (nSPS) is 10.3. The molecule has 0 bridgehead atoms. The maximum Gasteiger partial charge on any atom is 0.305 e. The van der Waals surface area contributed by atoms with Gasteiger partial charge in [-0.15, -0.1) is 0 Å². The van der Waals surface area contributed by atoms with Crippen molar-refractivity contribution in [2.75, 3.05) is 20.3 Å². The van der Waals surface area contributed by atoms with Crippen molar-refractivity contribution in [3.63, 3.8) is 0 Å². The van der Waals surface area contributed by atoms with E-state index in [1.54, 1.807) is 13.0 Å². The van der Waals surface area contributed by atoms with Crippen LogP contribution in [0.5, 0.6) is 11.5 Å². The van der Waals surface area contributed by atoms with Crippen LogP contribution in [0.25, 0.3) is 0 Å². The summed E-state index contributed by atoms with van der Waals surface area (Å²) in [4.78, 5) is 11.1. The van der Waals surface area contributed by atoms with E-state index in [0.717, 1.165) is 18.5 Å². The minimum Gasteiger partial charge on any atom is -0.503 e. The molecule has 0 spiro atoms. The zero-order valence-electron chi connectivity index (χ0n) is 11.7. The molecule has 0 aliphatic carbocycles. The molecule has 20 heavy (non-hydrogen) atoms. The first kappa shape index (κ1) is 16.8. The summed E-state index contributed by atoms with van der Waals surface area (Å²) in [6.45, 7) is 3.58. The second-order valence-corrected chi connectivity index (χ2v) is 5.07. The number of ether oxygens (including phenoxy) is 2. The molecule has 0 amide bonds. The fourth-order valence-corrected chi connectivity index (χ4v) is 2.20. The van der Waals surface area contributed by atoms with Crippen LogP contribution in [0.4, 0.5) is 0 Å². The average Bonchev–Trinajstić information content (AvgIpc) is 2.42. The van der Waals surface area contributed by atoms with Gasteiger partial charge >= 0.3 is 5.97 Å². The molecule has 5 nitrogen and oxygen atoms in total. The molecule has 1 aromatic carbocycles. The minimum atomic E-state index is -0.164. The molecule has 0 unspecified atom stereocenters. The molecule has 0 radical (unpaired) electrons. The maximum atomic E-state index is 11.1. The van der Waals surface area contributed by atoms with Crippen molar-refractivity contribution < 1.29 is 19.4 Å². The number of benzene rings is 1. The fraction of sp³-hybridized carbons (Fsp3) is 0.500. The first-order valence-corrected chi connectivity index (χ1v) is 7.29. The molecule has 0 aliphatic rings. The lowest BCUT2D eigenvalue weighted by molar-refractivity contribution is -0.143. The highest BCUT2D eigenvalue weighted by molar-refractivity contribution is 9.10. The lowest BCUT2D eigenvalue weighted by Gasteiger charge is -2.10. The summed E-state index contributed by atoms with van der Waals surface area (Å²) < 4.78 is 10.5. The number of esters is 1. The van der Waals surface area contributed by atoms with Crippen molar-refractivity contribution >= 4 is 21.9 Å². The van der Waals surface area contributed by atoms with Crippen LogP contribution in [0.1, 0.15) is 25.3 Å². The number of hydrogen-bond donors (Lipinski definition) is 2. The van der Waals surface area contributed by atoms with Gasteiger partial charge in [0.2, 0.25) is 0 Å². The van der Waals surface area contributed by atoms with E-state index in [-0.39, 0.29) is 11.7 Å². The third-order valence-corrected chi connectivity index (χ3v) is 3.28. The number of hydrogen-bond acceptors (Lipinski definition) is 5. The number of halogens is 1. The van der Waals surface area contributed by atoms with Gasteiger partial charge in [0.05, 0.1) is 18.2 Å². The van der Waals surface area contributed by atoms with Crippen LogP contribution < -0.4 is 10.1 Å². The first-order valence-electron chi connectivity index (χ1n) is 6.50. The Morgan fingerprint density at radius 2 is 2.20 bits per heavy atom. The molecule has 1 aromatic rings. The van der Waals surface area contributed by atoms with E-state index in [0.29, 0.717) is 29.8 Å². The SMILES string of the molecule is CCOC(=O)CCCNCc1cc(Br)c(O)c(OC)c1. The monoisotopic (exact) mass is 345 g/mol. The van der Waals surface area contributed by atoms with E-state index in [2.05, 4.69) is 21.2 Å². The standard InChI is InChI=1S/C14H20BrNO4/c1-3-20-13(17)5-4-6-16-9-10-7-11(15)14(18)12(8-10)19-2/h7-8,16,18H,3-6,9H2,1-2H3. The summed E-state index contributed by atoms with van der Waals surface area (Å²) in [7, 11) is 1.51. The van der Waals surface area contributed by atoms with Gasteiger partial charge in [-0.1, -0.05) is 0 Å². The minimum absolute atomic E-state index is 0.0959. The van der Waals surface area contributed by atoms with E-state index in [1.807, 2.05) is 6.07 Å². The summed E-state index contributed by atoms with van der Waals surface area (Å²) in [5.74, 6) is 0.365. The molecule has 6 heteroatoms. The average molecular weight is 346 g/mol. The van der Waals surface area contributed by atoms with Gasteiger partial charge in [0.1, 0.15) is 0 Å². The Balaban J connectivity index is 2.35. The molecule has 112 valence electrons. The van der Waals surface area contributed by atoms with Crippen LogP contribution in [-0.4, -0.2) is 31.3 Å². The first-order chi connectivity index (χ1) is 9.58. The lowest BCUT2D eigenvalue weighted by atomic mass is 10.2. The third-order valence-electron chi connectivity index (χ3n) is 2.68.